The largest absolute Gasteiger partial charge is 0.355 e. The van der Waals surface area contributed by atoms with Gasteiger partial charge in [-0.05, 0) is 42.3 Å². The molecule has 0 unspecified atom stereocenters. The van der Waals surface area contributed by atoms with Gasteiger partial charge in [0.1, 0.15) is 4.21 Å². The van der Waals surface area contributed by atoms with Crippen LogP contribution >= 0.6 is 23.1 Å². The van der Waals surface area contributed by atoms with E-state index in [1.54, 1.807) is 17.5 Å². The SMILES string of the molecule is Cc1ccccc1CSCCNC(=O)C1CCN(S(=O)(=O)c2cccs2)CC1. The maximum absolute atomic E-state index is 12.5. The quantitative estimate of drug-likeness (QED) is 0.641. The second-order valence-corrected chi connectivity index (χ2v) is 11.1. The standard InChI is InChI=1S/C20H26N2O3S3/c1-16-5-2-3-6-18(16)15-26-14-10-21-20(23)17-8-11-22(12-9-17)28(24,25)19-7-4-13-27-19/h2-7,13,17H,8-12,14-15H2,1H3,(H,21,23). The number of rotatable bonds is 8. The molecule has 5 nitrogen and oxygen atoms in total. The van der Waals surface area contributed by atoms with E-state index in [0.29, 0.717) is 36.7 Å². The molecule has 2 aromatic rings. The fraction of sp³-hybridized carbons (Fsp3) is 0.450. The van der Waals surface area contributed by atoms with Crippen LogP contribution in [-0.2, 0) is 20.6 Å². The summed E-state index contributed by atoms with van der Waals surface area (Å²) in [5.74, 6) is 1.76. The Kier molecular flexibility index (Phi) is 7.56. The van der Waals surface area contributed by atoms with E-state index < -0.39 is 10.0 Å². The molecular formula is C20H26N2O3S3. The topological polar surface area (TPSA) is 66.5 Å². The maximum atomic E-state index is 12.5. The fourth-order valence-corrected chi connectivity index (χ4v) is 6.79. The van der Waals surface area contributed by atoms with Gasteiger partial charge in [-0.3, -0.25) is 4.79 Å². The molecule has 0 bridgehead atoms. The molecule has 1 aromatic heterocycles. The zero-order valence-electron chi connectivity index (χ0n) is 16.0. The van der Waals surface area contributed by atoms with E-state index in [0.717, 1.165) is 11.5 Å². The van der Waals surface area contributed by atoms with Gasteiger partial charge in [0.05, 0.1) is 0 Å². The Bertz CT molecular complexity index is 874. The Labute approximate surface area is 175 Å². The van der Waals surface area contributed by atoms with Crippen molar-refractivity contribution in [1.82, 2.24) is 9.62 Å². The van der Waals surface area contributed by atoms with Gasteiger partial charge in [0, 0.05) is 37.1 Å². The molecule has 0 spiro atoms. The predicted octanol–water partition coefficient (Wildman–Crippen LogP) is 3.51. The van der Waals surface area contributed by atoms with Crippen molar-refractivity contribution >= 4 is 39.0 Å². The molecule has 3 rings (SSSR count). The first-order valence-corrected chi connectivity index (χ1v) is 12.9. The lowest BCUT2D eigenvalue weighted by molar-refractivity contribution is -0.125. The van der Waals surface area contributed by atoms with Crippen molar-refractivity contribution in [3.8, 4) is 0 Å². The summed E-state index contributed by atoms with van der Waals surface area (Å²) in [6, 6.07) is 11.7. The third-order valence-electron chi connectivity index (χ3n) is 4.98. The van der Waals surface area contributed by atoms with E-state index in [9.17, 15) is 13.2 Å². The number of aryl methyl sites for hydroxylation is 1. The molecule has 8 heteroatoms. The molecule has 2 heterocycles. The molecule has 0 radical (unpaired) electrons. The molecular weight excluding hydrogens is 412 g/mol. The summed E-state index contributed by atoms with van der Waals surface area (Å²) < 4.78 is 27.0. The normalized spacial score (nSPS) is 16.2. The number of thiophene rings is 1. The molecule has 1 aliphatic rings. The molecule has 1 aliphatic heterocycles. The highest BCUT2D eigenvalue weighted by molar-refractivity contribution is 7.98. The highest BCUT2D eigenvalue weighted by Crippen LogP contribution is 2.26. The van der Waals surface area contributed by atoms with Gasteiger partial charge in [0.15, 0.2) is 0 Å². The molecule has 1 N–H and O–H groups in total. The Balaban J connectivity index is 1.37. The predicted molar refractivity (Wildman–Crippen MR) is 116 cm³/mol. The number of benzene rings is 1. The number of nitrogens with one attached hydrogen (secondary N) is 1. The van der Waals surface area contributed by atoms with Gasteiger partial charge in [-0.25, -0.2) is 8.42 Å². The molecule has 28 heavy (non-hydrogen) atoms. The average molecular weight is 439 g/mol. The molecule has 0 aliphatic carbocycles. The zero-order chi connectivity index (χ0) is 20.0. The first-order valence-electron chi connectivity index (χ1n) is 9.42. The monoisotopic (exact) mass is 438 g/mol. The van der Waals surface area contributed by atoms with E-state index in [-0.39, 0.29) is 11.8 Å². The van der Waals surface area contributed by atoms with Gasteiger partial charge >= 0.3 is 0 Å². The number of hydrogen-bond donors (Lipinski definition) is 1. The van der Waals surface area contributed by atoms with Crippen molar-refractivity contribution < 1.29 is 13.2 Å². The first-order chi connectivity index (χ1) is 13.5. The summed E-state index contributed by atoms with van der Waals surface area (Å²) in [6.07, 6.45) is 1.15. The Hall–Kier alpha value is -1.35. The van der Waals surface area contributed by atoms with Gasteiger partial charge in [0.2, 0.25) is 5.91 Å². The average Bonchev–Trinajstić information content (AvgIpc) is 3.25. The highest BCUT2D eigenvalue weighted by atomic mass is 32.2. The van der Waals surface area contributed by atoms with E-state index in [1.807, 2.05) is 17.8 Å². The first kappa shape index (κ1) is 21.4. The maximum Gasteiger partial charge on any atom is 0.252 e. The van der Waals surface area contributed by atoms with Crippen LogP contribution < -0.4 is 5.32 Å². The summed E-state index contributed by atoms with van der Waals surface area (Å²) in [5, 5.41) is 4.78. The molecule has 1 amide bonds. The van der Waals surface area contributed by atoms with E-state index in [1.165, 1.54) is 26.8 Å². The third kappa shape index (κ3) is 5.37. The second-order valence-electron chi connectivity index (χ2n) is 6.88. The lowest BCUT2D eigenvalue weighted by atomic mass is 9.97. The van der Waals surface area contributed by atoms with Crippen LogP contribution in [-0.4, -0.2) is 44.0 Å². The molecule has 0 atom stereocenters. The number of nitrogens with zero attached hydrogens (tertiary/aromatic N) is 1. The van der Waals surface area contributed by atoms with Crippen LogP contribution in [0, 0.1) is 12.8 Å². The lowest BCUT2D eigenvalue weighted by Crippen LogP contribution is -2.43. The smallest absolute Gasteiger partial charge is 0.252 e. The van der Waals surface area contributed by atoms with Crippen LogP contribution in [0.3, 0.4) is 0 Å². The summed E-state index contributed by atoms with van der Waals surface area (Å²) in [6.45, 7) is 3.56. The van der Waals surface area contributed by atoms with Crippen LogP contribution in [0.4, 0.5) is 0 Å². The molecule has 152 valence electrons. The van der Waals surface area contributed by atoms with Gasteiger partial charge < -0.3 is 5.32 Å². The van der Waals surface area contributed by atoms with Gasteiger partial charge in [-0.15, -0.1) is 11.3 Å². The van der Waals surface area contributed by atoms with Crippen LogP contribution in [0.2, 0.25) is 0 Å². The van der Waals surface area contributed by atoms with Gasteiger partial charge in [0.25, 0.3) is 10.0 Å². The Morgan fingerprint density at radius 2 is 1.96 bits per heavy atom. The van der Waals surface area contributed by atoms with E-state index in [2.05, 4.69) is 30.4 Å². The number of amides is 1. The number of piperidine rings is 1. The minimum atomic E-state index is -3.41. The molecule has 1 saturated heterocycles. The summed E-state index contributed by atoms with van der Waals surface area (Å²) in [5.41, 5.74) is 2.63. The number of sulfonamides is 1. The number of carbonyl (C=O) groups is 1. The van der Waals surface area contributed by atoms with E-state index >= 15 is 0 Å². The lowest BCUT2D eigenvalue weighted by Gasteiger charge is -2.30. The van der Waals surface area contributed by atoms with E-state index in [4.69, 9.17) is 0 Å². The van der Waals surface area contributed by atoms with Crippen LogP contribution in [0.15, 0.2) is 46.0 Å². The highest BCUT2D eigenvalue weighted by Gasteiger charge is 2.32. The minimum Gasteiger partial charge on any atom is -0.355 e. The van der Waals surface area contributed by atoms with Crippen LogP contribution in [0.25, 0.3) is 0 Å². The van der Waals surface area contributed by atoms with Crippen molar-refractivity contribution in [2.45, 2.75) is 29.7 Å². The van der Waals surface area contributed by atoms with Gasteiger partial charge in [-0.1, -0.05) is 30.3 Å². The Morgan fingerprint density at radius 3 is 2.64 bits per heavy atom. The molecule has 1 fully saturated rings. The van der Waals surface area contributed by atoms with Crippen molar-refractivity contribution in [3.05, 3.63) is 52.9 Å². The second kappa shape index (κ2) is 9.91. The zero-order valence-corrected chi connectivity index (χ0v) is 18.4. The molecule has 1 aromatic carbocycles. The van der Waals surface area contributed by atoms with Crippen LogP contribution in [0.5, 0.6) is 0 Å². The van der Waals surface area contributed by atoms with Crippen molar-refractivity contribution in [3.63, 3.8) is 0 Å². The van der Waals surface area contributed by atoms with Crippen LogP contribution in [0.1, 0.15) is 24.0 Å². The summed E-state index contributed by atoms with van der Waals surface area (Å²) in [7, 11) is -3.41. The number of hydrogen-bond acceptors (Lipinski definition) is 5. The number of thioether (sulfide) groups is 1. The molecule has 0 saturated carbocycles. The van der Waals surface area contributed by atoms with Crippen molar-refractivity contribution in [1.29, 1.82) is 0 Å². The Morgan fingerprint density at radius 1 is 1.21 bits per heavy atom. The number of carbonyl (C=O) groups excluding carboxylic acids is 1. The van der Waals surface area contributed by atoms with Crippen molar-refractivity contribution in [2.75, 3.05) is 25.4 Å². The fourth-order valence-electron chi connectivity index (χ4n) is 3.24. The summed E-state index contributed by atoms with van der Waals surface area (Å²) in [4.78, 5) is 12.4. The van der Waals surface area contributed by atoms with Gasteiger partial charge in [-0.2, -0.15) is 16.1 Å². The van der Waals surface area contributed by atoms with Crippen molar-refractivity contribution in [2.24, 2.45) is 5.92 Å². The third-order valence-corrected chi connectivity index (χ3v) is 9.26. The minimum absolute atomic E-state index is 0.0460. The summed E-state index contributed by atoms with van der Waals surface area (Å²) >= 11 is 3.04.